The van der Waals surface area contributed by atoms with Crippen molar-refractivity contribution in [2.24, 2.45) is 5.73 Å². The van der Waals surface area contributed by atoms with E-state index in [2.05, 4.69) is 9.82 Å². The van der Waals surface area contributed by atoms with Gasteiger partial charge in [0, 0.05) is 38.2 Å². The number of aromatic nitrogens is 2. The lowest BCUT2D eigenvalue weighted by Crippen LogP contribution is -2.13. The van der Waals surface area contributed by atoms with E-state index in [1.807, 2.05) is 31.1 Å². The Bertz CT molecular complexity index is 692. The number of nitrogens with zero attached hydrogens (tertiary/aromatic N) is 3. The number of nitrogens with two attached hydrogens (primary N) is 1. The number of sulfonamides is 1. The van der Waals surface area contributed by atoms with E-state index < -0.39 is 10.0 Å². The first kappa shape index (κ1) is 15.3. The lowest BCUT2D eigenvalue weighted by atomic mass is 10.3. The number of benzene rings is 1. The molecule has 21 heavy (non-hydrogen) atoms. The SMILES string of the molecule is CN(C)c1ccc(NS(=O)(=O)c2cnn(CCN)c2)cc1. The van der Waals surface area contributed by atoms with Crippen LogP contribution in [0.4, 0.5) is 11.4 Å². The summed E-state index contributed by atoms with van der Waals surface area (Å²) in [5.41, 5.74) is 6.91. The number of hydrogen-bond acceptors (Lipinski definition) is 5. The predicted molar refractivity (Wildman–Crippen MR) is 82.9 cm³/mol. The quantitative estimate of drug-likeness (QED) is 0.819. The zero-order chi connectivity index (χ0) is 15.5. The van der Waals surface area contributed by atoms with Crippen molar-refractivity contribution in [1.82, 2.24) is 9.78 Å². The highest BCUT2D eigenvalue weighted by Crippen LogP contribution is 2.19. The van der Waals surface area contributed by atoms with Crippen LogP contribution in [0.2, 0.25) is 0 Å². The van der Waals surface area contributed by atoms with Crippen LogP contribution in [0.5, 0.6) is 0 Å². The largest absolute Gasteiger partial charge is 0.378 e. The molecule has 0 fully saturated rings. The summed E-state index contributed by atoms with van der Waals surface area (Å²) in [4.78, 5) is 2.06. The number of nitrogens with one attached hydrogen (secondary N) is 1. The smallest absolute Gasteiger partial charge is 0.265 e. The van der Waals surface area contributed by atoms with Gasteiger partial charge < -0.3 is 10.6 Å². The molecule has 3 N–H and O–H groups in total. The zero-order valence-electron chi connectivity index (χ0n) is 12.0. The topological polar surface area (TPSA) is 93.2 Å². The zero-order valence-corrected chi connectivity index (χ0v) is 12.8. The van der Waals surface area contributed by atoms with Crippen LogP contribution in [-0.4, -0.2) is 38.8 Å². The van der Waals surface area contributed by atoms with Crippen molar-refractivity contribution >= 4 is 21.4 Å². The highest BCUT2D eigenvalue weighted by atomic mass is 32.2. The van der Waals surface area contributed by atoms with Gasteiger partial charge in [-0.3, -0.25) is 9.40 Å². The summed E-state index contributed by atoms with van der Waals surface area (Å²) >= 11 is 0. The minimum Gasteiger partial charge on any atom is -0.378 e. The summed E-state index contributed by atoms with van der Waals surface area (Å²) in [6, 6.07) is 7.12. The average molecular weight is 309 g/mol. The molecule has 114 valence electrons. The van der Waals surface area contributed by atoms with Crippen molar-refractivity contribution in [3.05, 3.63) is 36.7 Å². The first-order valence-corrected chi connectivity index (χ1v) is 7.93. The van der Waals surface area contributed by atoms with E-state index in [4.69, 9.17) is 5.73 Å². The van der Waals surface area contributed by atoms with Gasteiger partial charge >= 0.3 is 0 Å². The molecule has 2 rings (SSSR count). The van der Waals surface area contributed by atoms with Crippen molar-refractivity contribution in [2.75, 3.05) is 30.3 Å². The summed E-state index contributed by atoms with van der Waals surface area (Å²) < 4.78 is 28.5. The second-order valence-electron chi connectivity index (χ2n) is 4.77. The van der Waals surface area contributed by atoms with Gasteiger partial charge in [-0.15, -0.1) is 0 Å². The fraction of sp³-hybridized carbons (Fsp3) is 0.308. The molecule has 0 bridgehead atoms. The molecule has 7 nitrogen and oxygen atoms in total. The lowest BCUT2D eigenvalue weighted by Gasteiger charge is -2.13. The van der Waals surface area contributed by atoms with Crippen molar-refractivity contribution < 1.29 is 8.42 Å². The van der Waals surface area contributed by atoms with Crippen LogP contribution in [0.1, 0.15) is 0 Å². The van der Waals surface area contributed by atoms with Gasteiger partial charge in [0.15, 0.2) is 0 Å². The second-order valence-corrected chi connectivity index (χ2v) is 6.46. The molecule has 1 heterocycles. The van der Waals surface area contributed by atoms with Crippen LogP contribution >= 0.6 is 0 Å². The summed E-state index contributed by atoms with van der Waals surface area (Å²) in [6.07, 6.45) is 2.77. The Morgan fingerprint density at radius 2 is 1.95 bits per heavy atom. The molecule has 1 aromatic carbocycles. The van der Waals surface area contributed by atoms with E-state index in [0.29, 0.717) is 18.8 Å². The molecule has 0 amide bonds. The Morgan fingerprint density at radius 3 is 2.52 bits per heavy atom. The molecule has 0 aliphatic carbocycles. The standard InChI is InChI=1S/C13H19N5O2S/c1-17(2)12-5-3-11(4-6-12)16-21(19,20)13-9-15-18(10-13)8-7-14/h3-6,9-10,16H,7-8,14H2,1-2H3. The van der Waals surface area contributed by atoms with Crippen molar-refractivity contribution in [2.45, 2.75) is 11.4 Å². The van der Waals surface area contributed by atoms with Crippen LogP contribution in [0.15, 0.2) is 41.6 Å². The van der Waals surface area contributed by atoms with Crippen molar-refractivity contribution in [3.63, 3.8) is 0 Å². The molecule has 0 spiro atoms. The Balaban J connectivity index is 2.16. The predicted octanol–water partition coefficient (Wildman–Crippen LogP) is 0.709. The second kappa shape index (κ2) is 6.15. The van der Waals surface area contributed by atoms with Gasteiger partial charge in [-0.25, -0.2) is 8.42 Å². The fourth-order valence-corrected chi connectivity index (χ4v) is 2.79. The minimum atomic E-state index is -3.63. The molecule has 0 saturated carbocycles. The van der Waals surface area contributed by atoms with E-state index in [1.165, 1.54) is 17.1 Å². The van der Waals surface area contributed by atoms with Crippen LogP contribution in [0.3, 0.4) is 0 Å². The molecule has 0 aliphatic heterocycles. The molecule has 0 atom stereocenters. The first-order valence-electron chi connectivity index (χ1n) is 6.45. The molecule has 0 aliphatic rings. The highest BCUT2D eigenvalue weighted by Gasteiger charge is 2.16. The van der Waals surface area contributed by atoms with Crippen molar-refractivity contribution in [1.29, 1.82) is 0 Å². The van der Waals surface area contributed by atoms with E-state index in [9.17, 15) is 8.42 Å². The summed E-state index contributed by atoms with van der Waals surface area (Å²) in [6.45, 7) is 0.883. The minimum absolute atomic E-state index is 0.118. The third-order valence-electron chi connectivity index (χ3n) is 2.91. The fourth-order valence-electron chi connectivity index (χ4n) is 1.78. The van der Waals surface area contributed by atoms with E-state index in [-0.39, 0.29) is 4.90 Å². The number of hydrogen-bond donors (Lipinski definition) is 2. The Hall–Kier alpha value is -2.06. The van der Waals surface area contributed by atoms with E-state index >= 15 is 0 Å². The van der Waals surface area contributed by atoms with Crippen molar-refractivity contribution in [3.8, 4) is 0 Å². The molecule has 1 aromatic heterocycles. The Labute approximate surface area is 124 Å². The maximum atomic E-state index is 12.2. The lowest BCUT2D eigenvalue weighted by molar-refractivity contribution is 0.599. The molecule has 2 aromatic rings. The van der Waals surface area contributed by atoms with Gasteiger partial charge in [0.1, 0.15) is 4.90 Å². The molecule has 0 unspecified atom stereocenters. The van der Waals surface area contributed by atoms with E-state index in [1.54, 1.807) is 12.1 Å². The molecular formula is C13H19N5O2S. The number of anilines is 2. The summed E-state index contributed by atoms with van der Waals surface area (Å²) in [5.74, 6) is 0. The van der Waals surface area contributed by atoms with Crippen LogP contribution in [-0.2, 0) is 16.6 Å². The third-order valence-corrected chi connectivity index (χ3v) is 4.25. The van der Waals surface area contributed by atoms with Gasteiger partial charge in [-0.05, 0) is 24.3 Å². The average Bonchev–Trinajstić information content (AvgIpc) is 2.89. The van der Waals surface area contributed by atoms with Gasteiger partial charge in [0.25, 0.3) is 10.0 Å². The number of rotatable bonds is 6. The molecule has 0 radical (unpaired) electrons. The third kappa shape index (κ3) is 3.73. The summed E-state index contributed by atoms with van der Waals surface area (Å²) in [7, 11) is 0.212. The van der Waals surface area contributed by atoms with E-state index in [0.717, 1.165) is 5.69 Å². The van der Waals surface area contributed by atoms with Gasteiger partial charge in [0.2, 0.25) is 0 Å². The molecule has 8 heteroatoms. The van der Waals surface area contributed by atoms with Crippen LogP contribution in [0, 0.1) is 0 Å². The molecular weight excluding hydrogens is 290 g/mol. The summed E-state index contributed by atoms with van der Waals surface area (Å²) in [5, 5.41) is 3.96. The van der Waals surface area contributed by atoms with Gasteiger partial charge in [-0.2, -0.15) is 5.10 Å². The highest BCUT2D eigenvalue weighted by molar-refractivity contribution is 7.92. The Kier molecular flexibility index (Phi) is 4.49. The van der Waals surface area contributed by atoms with Crippen LogP contribution < -0.4 is 15.4 Å². The molecule has 0 saturated heterocycles. The Morgan fingerprint density at radius 1 is 1.29 bits per heavy atom. The monoisotopic (exact) mass is 309 g/mol. The normalized spacial score (nSPS) is 11.4. The van der Waals surface area contributed by atoms with Gasteiger partial charge in [0.05, 0.1) is 12.7 Å². The first-order chi connectivity index (χ1) is 9.92. The maximum Gasteiger partial charge on any atom is 0.265 e. The van der Waals surface area contributed by atoms with Gasteiger partial charge in [-0.1, -0.05) is 0 Å². The van der Waals surface area contributed by atoms with Crippen LogP contribution in [0.25, 0.3) is 0 Å². The maximum absolute atomic E-state index is 12.2.